The van der Waals surface area contributed by atoms with Gasteiger partial charge >= 0.3 is 0 Å². The molecule has 6 heteroatoms. The average molecular weight is 317 g/mol. The summed E-state index contributed by atoms with van der Waals surface area (Å²) in [6.45, 7) is 4.27. The topological polar surface area (TPSA) is 66.4 Å². The molecule has 0 bridgehead atoms. The summed E-state index contributed by atoms with van der Waals surface area (Å²) in [5.74, 6) is 1.20. The molecule has 1 atom stereocenters. The summed E-state index contributed by atoms with van der Waals surface area (Å²) in [6, 6.07) is 4.92. The second-order valence-electron chi connectivity index (χ2n) is 4.85. The SMILES string of the molecule is CCc1ccc(S(=O)(=O)NCC(C)CSC)cc1CO. The first-order valence-electron chi connectivity index (χ1n) is 6.65. The monoisotopic (exact) mass is 317 g/mol. The highest BCUT2D eigenvalue weighted by Crippen LogP contribution is 2.17. The Morgan fingerprint density at radius 1 is 1.35 bits per heavy atom. The Hall–Kier alpha value is -0.560. The quantitative estimate of drug-likeness (QED) is 0.770. The number of hydrogen-bond acceptors (Lipinski definition) is 4. The molecule has 0 aliphatic carbocycles. The van der Waals surface area contributed by atoms with Gasteiger partial charge in [0.2, 0.25) is 10.0 Å². The van der Waals surface area contributed by atoms with Crippen molar-refractivity contribution in [1.29, 1.82) is 0 Å². The maximum Gasteiger partial charge on any atom is 0.240 e. The fourth-order valence-corrected chi connectivity index (χ4v) is 3.84. The van der Waals surface area contributed by atoms with Crippen molar-refractivity contribution >= 4 is 21.8 Å². The van der Waals surface area contributed by atoms with Gasteiger partial charge in [0.15, 0.2) is 0 Å². The first kappa shape index (κ1) is 17.5. The number of aryl methyl sites for hydroxylation is 1. The molecule has 20 heavy (non-hydrogen) atoms. The number of sulfonamides is 1. The normalized spacial score (nSPS) is 13.4. The van der Waals surface area contributed by atoms with E-state index in [0.29, 0.717) is 12.1 Å². The predicted octanol–water partition coefficient (Wildman–Crippen LogP) is 2.02. The van der Waals surface area contributed by atoms with Crippen molar-refractivity contribution in [2.45, 2.75) is 31.8 Å². The summed E-state index contributed by atoms with van der Waals surface area (Å²) in [4.78, 5) is 0.218. The summed E-state index contributed by atoms with van der Waals surface area (Å²) in [5, 5.41) is 9.31. The maximum absolute atomic E-state index is 12.2. The van der Waals surface area contributed by atoms with Gasteiger partial charge in [-0.15, -0.1) is 0 Å². The molecule has 0 aliphatic rings. The molecule has 2 N–H and O–H groups in total. The smallest absolute Gasteiger partial charge is 0.240 e. The van der Waals surface area contributed by atoms with Crippen LogP contribution in [-0.2, 0) is 23.1 Å². The van der Waals surface area contributed by atoms with Gasteiger partial charge in [-0.25, -0.2) is 13.1 Å². The highest BCUT2D eigenvalue weighted by Gasteiger charge is 2.16. The minimum Gasteiger partial charge on any atom is -0.392 e. The van der Waals surface area contributed by atoms with Crippen LogP contribution in [0, 0.1) is 5.92 Å². The zero-order valence-electron chi connectivity index (χ0n) is 12.2. The lowest BCUT2D eigenvalue weighted by atomic mass is 10.1. The van der Waals surface area contributed by atoms with Crippen molar-refractivity contribution in [3.05, 3.63) is 29.3 Å². The van der Waals surface area contributed by atoms with Gasteiger partial charge < -0.3 is 5.11 Å². The minimum atomic E-state index is -3.50. The van der Waals surface area contributed by atoms with Crippen molar-refractivity contribution in [2.75, 3.05) is 18.6 Å². The van der Waals surface area contributed by atoms with E-state index < -0.39 is 10.0 Å². The van der Waals surface area contributed by atoms with Crippen LogP contribution in [0.3, 0.4) is 0 Å². The van der Waals surface area contributed by atoms with Crippen LogP contribution in [0.1, 0.15) is 25.0 Å². The Kier molecular flexibility index (Phi) is 7.02. The van der Waals surface area contributed by atoms with Gasteiger partial charge in [0, 0.05) is 6.54 Å². The Bertz CT molecular complexity index is 529. The fraction of sp³-hybridized carbons (Fsp3) is 0.571. The zero-order valence-corrected chi connectivity index (χ0v) is 13.9. The lowest BCUT2D eigenvalue weighted by molar-refractivity contribution is 0.280. The molecule has 0 saturated carbocycles. The van der Waals surface area contributed by atoms with Crippen molar-refractivity contribution in [3.8, 4) is 0 Å². The summed E-state index contributed by atoms with van der Waals surface area (Å²) < 4.78 is 27.0. The Morgan fingerprint density at radius 2 is 2.05 bits per heavy atom. The van der Waals surface area contributed by atoms with E-state index in [0.717, 1.165) is 17.7 Å². The summed E-state index contributed by atoms with van der Waals surface area (Å²) in [5.41, 5.74) is 1.65. The molecule has 0 aromatic heterocycles. The highest BCUT2D eigenvalue weighted by atomic mass is 32.2. The first-order valence-corrected chi connectivity index (χ1v) is 9.53. The molecule has 0 heterocycles. The molecule has 0 spiro atoms. The lowest BCUT2D eigenvalue weighted by Crippen LogP contribution is -2.29. The average Bonchev–Trinajstić information content (AvgIpc) is 2.44. The number of nitrogens with one attached hydrogen (secondary N) is 1. The van der Waals surface area contributed by atoms with E-state index in [9.17, 15) is 13.5 Å². The summed E-state index contributed by atoms with van der Waals surface area (Å²) >= 11 is 1.70. The third kappa shape index (κ3) is 4.77. The van der Waals surface area contributed by atoms with Crippen molar-refractivity contribution in [3.63, 3.8) is 0 Å². The predicted molar refractivity (Wildman–Crippen MR) is 84.5 cm³/mol. The zero-order chi connectivity index (χ0) is 15.2. The molecule has 4 nitrogen and oxygen atoms in total. The molecular weight excluding hydrogens is 294 g/mol. The van der Waals surface area contributed by atoms with E-state index in [-0.39, 0.29) is 17.4 Å². The van der Waals surface area contributed by atoms with E-state index >= 15 is 0 Å². The molecule has 0 radical (unpaired) electrons. The number of hydrogen-bond donors (Lipinski definition) is 2. The molecular formula is C14H23NO3S2. The Labute approximate surface area is 126 Å². The molecule has 0 amide bonds. The molecule has 1 unspecified atom stereocenters. The van der Waals surface area contributed by atoms with Gasteiger partial charge in [-0.2, -0.15) is 11.8 Å². The number of rotatable bonds is 8. The molecule has 1 aromatic carbocycles. The third-order valence-corrected chi connectivity index (χ3v) is 5.44. The highest BCUT2D eigenvalue weighted by molar-refractivity contribution is 7.98. The number of aliphatic hydroxyl groups is 1. The van der Waals surface area contributed by atoms with Crippen LogP contribution >= 0.6 is 11.8 Å². The van der Waals surface area contributed by atoms with E-state index in [2.05, 4.69) is 4.72 Å². The van der Waals surface area contributed by atoms with Gasteiger partial charge in [-0.3, -0.25) is 0 Å². The van der Waals surface area contributed by atoms with Crippen LogP contribution in [0.25, 0.3) is 0 Å². The van der Waals surface area contributed by atoms with Gasteiger partial charge in [-0.1, -0.05) is 19.9 Å². The lowest BCUT2D eigenvalue weighted by Gasteiger charge is -2.13. The summed E-state index contributed by atoms with van der Waals surface area (Å²) in [6.07, 6.45) is 2.77. The largest absolute Gasteiger partial charge is 0.392 e. The molecule has 0 aliphatic heterocycles. The minimum absolute atomic E-state index is 0.143. The van der Waals surface area contributed by atoms with E-state index in [1.54, 1.807) is 30.0 Å². The second-order valence-corrected chi connectivity index (χ2v) is 7.53. The Balaban J connectivity index is 2.87. The van der Waals surface area contributed by atoms with E-state index in [1.165, 1.54) is 0 Å². The number of thioether (sulfide) groups is 1. The number of aliphatic hydroxyl groups excluding tert-OH is 1. The molecule has 114 valence electrons. The third-order valence-electron chi connectivity index (χ3n) is 3.11. The van der Waals surface area contributed by atoms with Gasteiger partial charge in [-0.05, 0) is 47.6 Å². The van der Waals surface area contributed by atoms with Crippen LogP contribution in [0.2, 0.25) is 0 Å². The van der Waals surface area contributed by atoms with E-state index in [4.69, 9.17) is 0 Å². The van der Waals surface area contributed by atoms with Crippen LogP contribution < -0.4 is 4.72 Å². The van der Waals surface area contributed by atoms with Crippen molar-refractivity contribution in [1.82, 2.24) is 4.72 Å². The van der Waals surface area contributed by atoms with E-state index in [1.807, 2.05) is 20.1 Å². The molecule has 1 aromatic rings. The van der Waals surface area contributed by atoms with Gasteiger partial charge in [0.05, 0.1) is 11.5 Å². The van der Waals surface area contributed by atoms with Gasteiger partial charge in [0.25, 0.3) is 0 Å². The number of benzene rings is 1. The molecule has 0 saturated heterocycles. The molecule has 0 fully saturated rings. The van der Waals surface area contributed by atoms with Crippen molar-refractivity contribution in [2.24, 2.45) is 5.92 Å². The first-order chi connectivity index (χ1) is 9.44. The van der Waals surface area contributed by atoms with Crippen LogP contribution in [0.4, 0.5) is 0 Å². The summed E-state index contributed by atoms with van der Waals surface area (Å²) in [7, 11) is -3.50. The van der Waals surface area contributed by atoms with Crippen LogP contribution in [0.5, 0.6) is 0 Å². The maximum atomic E-state index is 12.2. The fourth-order valence-electron chi connectivity index (χ4n) is 1.94. The molecule has 1 rings (SSSR count). The van der Waals surface area contributed by atoms with Crippen LogP contribution in [-0.4, -0.2) is 32.1 Å². The second kappa shape index (κ2) is 8.02. The van der Waals surface area contributed by atoms with Crippen molar-refractivity contribution < 1.29 is 13.5 Å². The van der Waals surface area contributed by atoms with Crippen LogP contribution in [0.15, 0.2) is 23.1 Å². The Morgan fingerprint density at radius 3 is 2.60 bits per heavy atom. The standard InChI is InChI=1S/C14H23NO3S2/c1-4-12-5-6-14(7-13(12)9-16)20(17,18)15-8-11(2)10-19-3/h5-7,11,15-16H,4,8-10H2,1-3H3. The van der Waals surface area contributed by atoms with Gasteiger partial charge in [0.1, 0.15) is 0 Å².